The molecular formula is C7H15NO2S. The molecular weight excluding hydrogens is 162 g/mol. The van der Waals surface area contributed by atoms with Gasteiger partial charge in [-0.05, 0) is 11.8 Å². The smallest absolute Gasteiger partial charge is 0.211 e. The van der Waals surface area contributed by atoms with Gasteiger partial charge in [-0.1, -0.05) is 20.8 Å². The average Bonchev–Trinajstić information content (AvgIpc) is 2.07. The van der Waals surface area contributed by atoms with Crippen molar-refractivity contribution in [2.75, 3.05) is 5.75 Å². The molecule has 0 saturated carbocycles. The van der Waals surface area contributed by atoms with Crippen LogP contribution in [0, 0.1) is 5.41 Å². The lowest BCUT2D eigenvalue weighted by Crippen LogP contribution is -2.36. The second-order valence-electron chi connectivity index (χ2n) is 4.14. The molecule has 3 nitrogen and oxygen atoms in total. The van der Waals surface area contributed by atoms with Gasteiger partial charge in [0.25, 0.3) is 0 Å². The molecule has 0 aliphatic carbocycles. The molecule has 1 fully saturated rings. The Balaban J connectivity index is 2.70. The second-order valence-corrected chi connectivity index (χ2v) is 6.02. The van der Waals surface area contributed by atoms with E-state index in [4.69, 9.17) is 0 Å². The molecule has 0 radical (unpaired) electrons. The zero-order valence-electron chi connectivity index (χ0n) is 7.22. The number of hydrogen-bond acceptors (Lipinski definition) is 2. The summed E-state index contributed by atoms with van der Waals surface area (Å²) in [6.45, 7) is 6.14. The van der Waals surface area contributed by atoms with Crippen LogP contribution >= 0.6 is 0 Å². The van der Waals surface area contributed by atoms with Crippen LogP contribution in [-0.2, 0) is 10.0 Å². The van der Waals surface area contributed by atoms with Crippen LogP contribution in [0.1, 0.15) is 27.2 Å². The van der Waals surface area contributed by atoms with E-state index in [0.29, 0.717) is 0 Å². The predicted molar refractivity (Wildman–Crippen MR) is 44.8 cm³/mol. The van der Waals surface area contributed by atoms with Crippen molar-refractivity contribution in [3.05, 3.63) is 0 Å². The first-order valence-corrected chi connectivity index (χ1v) is 5.46. The summed E-state index contributed by atoms with van der Waals surface area (Å²) in [5.74, 6) is 0.287. The molecule has 1 aliphatic rings. The van der Waals surface area contributed by atoms with Crippen LogP contribution in [0.2, 0.25) is 0 Å². The van der Waals surface area contributed by atoms with Crippen LogP contribution in [0.25, 0.3) is 0 Å². The molecule has 4 heteroatoms. The fourth-order valence-corrected chi connectivity index (χ4v) is 2.79. The minimum Gasteiger partial charge on any atom is -0.212 e. The average molecular weight is 177 g/mol. The van der Waals surface area contributed by atoms with Crippen molar-refractivity contribution in [2.24, 2.45) is 5.41 Å². The molecule has 1 aliphatic heterocycles. The molecule has 11 heavy (non-hydrogen) atoms. The van der Waals surface area contributed by atoms with Crippen LogP contribution in [0.4, 0.5) is 0 Å². The largest absolute Gasteiger partial charge is 0.212 e. The third-order valence-corrected chi connectivity index (χ3v) is 3.46. The van der Waals surface area contributed by atoms with Crippen molar-refractivity contribution in [3.63, 3.8) is 0 Å². The van der Waals surface area contributed by atoms with Gasteiger partial charge in [-0.3, -0.25) is 0 Å². The topological polar surface area (TPSA) is 46.2 Å². The SMILES string of the molecule is CC(C)(C)C1CCS(=O)(=O)N1. The summed E-state index contributed by atoms with van der Waals surface area (Å²) in [5.41, 5.74) is 0.0452. The minimum absolute atomic E-state index is 0.0452. The summed E-state index contributed by atoms with van der Waals surface area (Å²) in [6.07, 6.45) is 0.742. The monoisotopic (exact) mass is 177 g/mol. The van der Waals surface area contributed by atoms with Gasteiger partial charge in [0.15, 0.2) is 0 Å². The molecule has 0 spiro atoms. The van der Waals surface area contributed by atoms with Crippen molar-refractivity contribution < 1.29 is 8.42 Å². The fraction of sp³-hybridized carbons (Fsp3) is 1.00. The molecule has 0 aromatic heterocycles. The standard InChI is InChI=1S/C7H15NO2S/c1-7(2,3)6-4-5-11(9,10)8-6/h6,8H,4-5H2,1-3H3. The molecule has 1 heterocycles. The number of hydrogen-bond donors (Lipinski definition) is 1. The Labute approximate surface area is 68.2 Å². The first-order chi connectivity index (χ1) is 4.81. The highest BCUT2D eigenvalue weighted by atomic mass is 32.2. The van der Waals surface area contributed by atoms with E-state index in [1.807, 2.05) is 20.8 Å². The Kier molecular flexibility index (Phi) is 2.01. The summed E-state index contributed by atoms with van der Waals surface area (Å²) in [7, 11) is -2.93. The Morgan fingerprint density at radius 3 is 2.09 bits per heavy atom. The van der Waals surface area contributed by atoms with Gasteiger partial charge >= 0.3 is 0 Å². The van der Waals surface area contributed by atoms with Crippen molar-refractivity contribution in [1.82, 2.24) is 4.72 Å². The van der Waals surface area contributed by atoms with Gasteiger partial charge in [0.1, 0.15) is 0 Å². The number of nitrogens with one attached hydrogen (secondary N) is 1. The fourth-order valence-electron chi connectivity index (χ4n) is 1.22. The Morgan fingerprint density at radius 2 is 1.91 bits per heavy atom. The quantitative estimate of drug-likeness (QED) is 0.592. The van der Waals surface area contributed by atoms with Gasteiger partial charge in [-0.2, -0.15) is 0 Å². The maximum Gasteiger partial charge on any atom is 0.211 e. The molecule has 0 aromatic rings. The van der Waals surface area contributed by atoms with Gasteiger partial charge < -0.3 is 0 Å². The van der Waals surface area contributed by atoms with E-state index in [0.717, 1.165) is 6.42 Å². The predicted octanol–water partition coefficient (Wildman–Crippen LogP) is 0.724. The highest BCUT2D eigenvalue weighted by Crippen LogP contribution is 2.26. The van der Waals surface area contributed by atoms with Crippen LogP contribution in [-0.4, -0.2) is 20.2 Å². The lowest BCUT2D eigenvalue weighted by Gasteiger charge is -2.25. The van der Waals surface area contributed by atoms with Crippen LogP contribution in [0.15, 0.2) is 0 Å². The highest BCUT2D eigenvalue weighted by molar-refractivity contribution is 7.89. The van der Waals surface area contributed by atoms with Crippen molar-refractivity contribution >= 4 is 10.0 Å². The third-order valence-electron chi connectivity index (χ3n) is 2.04. The summed E-state index contributed by atoms with van der Waals surface area (Å²) < 4.78 is 24.6. The molecule has 1 N–H and O–H groups in total. The molecule has 1 saturated heterocycles. The van der Waals surface area contributed by atoms with E-state index >= 15 is 0 Å². The van der Waals surface area contributed by atoms with E-state index < -0.39 is 10.0 Å². The van der Waals surface area contributed by atoms with E-state index in [1.54, 1.807) is 0 Å². The van der Waals surface area contributed by atoms with Gasteiger partial charge in [0.05, 0.1) is 5.75 Å². The maximum absolute atomic E-state index is 11.0. The van der Waals surface area contributed by atoms with Crippen LogP contribution in [0.3, 0.4) is 0 Å². The van der Waals surface area contributed by atoms with Crippen molar-refractivity contribution in [2.45, 2.75) is 33.2 Å². The van der Waals surface area contributed by atoms with Crippen LogP contribution in [0.5, 0.6) is 0 Å². The third kappa shape index (κ3) is 2.17. The van der Waals surface area contributed by atoms with Crippen molar-refractivity contribution in [3.8, 4) is 0 Å². The number of rotatable bonds is 0. The zero-order chi connectivity index (χ0) is 8.70. The van der Waals surface area contributed by atoms with Gasteiger partial charge in [0, 0.05) is 6.04 Å². The summed E-state index contributed by atoms with van der Waals surface area (Å²) >= 11 is 0. The first-order valence-electron chi connectivity index (χ1n) is 3.81. The van der Waals surface area contributed by atoms with E-state index in [2.05, 4.69) is 4.72 Å². The Morgan fingerprint density at radius 1 is 1.36 bits per heavy atom. The maximum atomic E-state index is 11.0. The molecule has 66 valence electrons. The second kappa shape index (κ2) is 2.45. The molecule has 0 bridgehead atoms. The van der Waals surface area contributed by atoms with Crippen molar-refractivity contribution in [1.29, 1.82) is 0 Å². The molecule has 0 aromatic carbocycles. The normalized spacial score (nSPS) is 30.6. The Bertz CT molecular complexity index is 238. The van der Waals surface area contributed by atoms with Gasteiger partial charge in [-0.25, -0.2) is 13.1 Å². The van der Waals surface area contributed by atoms with E-state index in [9.17, 15) is 8.42 Å². The lowest BCUT2D eigenvalue weighted by molar-refractivity contribution is 0.306. The lowest BCUT2D eigenvalue weighted by atomic mass is 9.86. The molecule has 1 atom stereocenters. The molecule has 0 amide bonds. The molecule has 1 rings (SSSR count). The summed E-state index contributed by atoms with van der Waals surface area (Å²) in [4.78, 5) is 0. The zero-order valence-corrected chi connectivity index (χ0v) is 8.03. The van der Waals surface area contributed by atoms with Crippen LogP contribution < -0.4 is 4.72 Å². The highest BCUT2D eigenvalue weighted by Gasteiger charge is 2.34. The number of sulfonamides is 1. The Hall–Kier alpha value is -0.0900. The van der Waals surface area contributed by atoms with Gasteiger partial charge in [0.2, 0.25) is 10.0 Å². The van der Waals surface area contributed by atoms with E-state index in [-0.39, 0.29) is 17.2 Å². The summed E-state index contributed by atoms with van der Waals surface area (Å²) in [5, 5.41) is 0. The van der Waals surface area contributed by atoms with Gasteiger partial charge in [-0.15, -0.1) is 0 Å². The summed E-state index contributed by atoms with van der Waals surface area (Å²) in [6, 6.07) is 0.118. The van der Waals surface area contributed by atoms with E-state index in [1.165, 1.54) is 0 Å². The molecule has 1 unspecified atom stereocenters. The minimum atomic E-state index is -2.93. The first kappa shape index (κ1) is 9.00.